The third-order valence-corrected chi connectivity index (χ3v) is 6.13. The molecule has 1 fully saturated rings. The molecule has 0 aromatic heterocycles. The first-order valence-corrected chi connectivity index (χ1v) is 8.67. The van der Waals surface area contributed by atoms with Crippen LogP contribution in [0.25, 0.3) is 0 Å². The van der Waals surface area contributed by atoms with Crippen molar-refractivity contribution in [2.45, 2.75) is 38.5 Å². The number of rotatable bonds is 7. The molecule has 1 N–H and O–H groups in total. The van der Waals surface area contributed by atoms with Crippen LogP contribution < -0.4 is 5.32 Å². The fourth-order valence-corrected chi connectivity index (χ4v) is 4.27. The molecule has 0 spiro atoms. The van der Waals surface area contributed by atoms with Crippen LogP contribution >= 0.6 is 0 Å². The van der Waals surface area contributed by atoms with E-state index in [1.54, 1.807) is 11.2 Å². The van der Waals surface area contributed by atoms with Crippen molar-refractivity contribution in [3.8, 4) is 0 Å². The second-order valence-electron chi connectivity index (χ2n) is 5.88. The summed E-state index contributed by atoms with van der Waals surface area (Å²) < 4.78 is 26.7. The van der Waals surface area contributed by atoms with E-state index < -0.39 is 10.0 Å². The maximum Gasteiger partial charge on any atom is 0.218 e. The van der Waals surface area contributed by atoms with Crippen LogP contribution in [0.5, 0.6) is 0 Å². The zero-order valence-electron chi connectivity index (χ0n) is 12.9. The van der Waals surface area contributed by atoms with Crippen molar-refractivity contribution in [2.24, 2.45) is 5.92 Å². The lowest BCUT2D eigenvalue weighted by Gasteiger charge is -2.24. The minimum absolute atomic E-state index is 0.325. The molecule has 1 heterocycles. The lowest BCUT2D eigenvalue weighted by molar-refractivity contribution is 0.263. The van der Waals surface area contributed by atoms with Gasteiger partial charge in [-0.3, -0.25) is 0 Å². The van der Waals surface area contributed by atoms with Crippen LogP contribution in [0.4, 0.5) is 0 Å². The van der Waals surface area contributed by atoms with E-state index in [-0.39, 0.29) is 5.25 Å². The van der Waals surface area contributed by atoms with E-state index in [1.807, 2.05) is 14.1 Å². The van der Waals surface area contributed by atoms with Crippen LogP contribution in [0.1, 0.15) is 27.2 Å². The van der Waals surface area contributed by atoms with E-state index in [2.05, 4.69) is 24.1 Å². The van der Waals surface area contributed by atoms with Crippen LogP contribution in [-0.4, -0.2) is 69.2 Å². The highest BCUT2D eigenvalue weighted by Crippen LogP contribution is 2.24. The Kier molecular flexibility index (Phi) is 6.23. The number of likely N-dealkylation sites (N-methyl/N-ethyl adjacent to an activating group) is 1. The molecule has 0 bridgehead atoms. The molecule has 0 saturated carbocycles. The summed E-state index contributed by atoms with van der Waals surface area (Å²) >= 11 is 0. The number of hydrogen-bond donors (Lipinski definition) is 1. The van der Waals surface area contributed by atoms with Gasteiger partial charge in [-0.15, -0.1) is 0 Å². The molecule has 3 unspecified atom stereocenters. The Hall–Kier alpha value is -0.170. The standard InChI is InChI=1S/C13H29N3O2S/c1-6-7-14-8-12(3)19(17,18)16-9-11(2)13(10-16)15(4)5/h11-14H,6-10H2,1-5H3. The van der Waals surface area contributed by atoms with Gasteiger partial charge < -0.3 is 10.2 Å². The molecule has 0 aromatic rings. The summed E-state index contributed by atoms with van der Waals surface area (Å²) in [7, 11) is 0.860. The Morgan fingerprint density at radius 2 is 2.00 bits per heavy atom. The summed E-state index contributed by atoms with van der Waals surface area (Å²) in [6.07, 6.45) is 1.02. The Labute approximate surface area is 118 Å². The van der Waals surface area contributed by atoms with E-state index in [0.717, 1.165) is 13.0 Å². The van der Waals surface area contributed by atoms with Crippen LogP contribution in [0.2, 0.25) is 0 Å². The summed E-state index contributed by atoms with van der Waals surface area (Å²) in [6.45, 7) is 8.67. The highest BCUT2D eigenvalue weighted by atomic mass is 32.2. The number of sulfonamides is 1. The molecule has 0 radical (unpaired) electrons. The number of nitrogens with one attached hydrogen (secondary N) is 1. The average Bonchev–Trinajstić information content (AvgIpc) is 2.72. The van der Waals surface area contributed by atoms with Gasteiger partial charge >= 0.3 is 0 Å². The molecule has 114 valence electrons. The fraction of sp³-hybridized carbons (Fsp3) is 1.00. The molecule has 19 heavy (non-hydrogen) atoms. The number of hydrogen-bond acceptors (Lipinski definition) is 4. The normalized spacial score (nSPS) is 27.1. The zero-order chi connectivity index (χ0) is 14.6. The first-order valence-electron chi connectivity index (χ1n) is 7.16. The summed E-state index contributed by atoms with van der Waals surface area (Å²) in [5.41, 5.74) is 0. The average molecular weight is 291 g/mol. The quantitative estimate of drug-likeness (QED) is 0.698. The summed E-state index contributed by atoms with van der Waals surface area (Å²) in [5, 5.41) is 2.84. The zero-order valence-corrected chi connectivity index (χ0v) is 13.7. The maximum atomic E-state index is 12.5. The second-order valence-corrected chi connectivity index (χ2v) is 8.24. The van der Waals surface area contributed by atoms with Crippen LogP contribution in [0.3, 0.4) is 0 Å². The monoisotopic (exact) mass is 291 g/mol. The van der Waals surface area contributed by atoms with Gasteiger partial charge in [0.1, 0.15) is 0 Å². The van der Waals surface area contributed by atoms with Crippen molar-refractivity contribution in [1.29, 1.82) is 0 Å². The maximum absolute atomic E-state index is 12.5. The Morgan fingerprint density at radius 3 is 2.47 bits per heavy atom. The minimum Gasteiger partial charge on any atom is -0.315 e. The fourth-order valence-electron chi connectivity index (χ4n) is 2.63. The topological polar surface area (TPSA) is 52.7 Å². The molecule has 1 aliphatic rings. The van der Waals surface area contributed by atoms with Gasteiger partial charge in [0.2, 0.25) is 10.0 Å². The Bertz CT molecular complexity index is 370. The molecule has 5 nitrogen and oxygen atoms in total. The molecule has 1 saturated heterocycles. The molecule has 6 heteroatoms. The molecular formula is C13H29N3O2S. The highest BCUT2D eigenvalue weighted by Gasteiger charge is 2.39. The molecular weight excluding hydrogens is 262 g/mol. The largest absolute Gasteiger partial charge is 0.315 e. The van der Waals surface area contributed by atoms with Crippen molar-refractivity contribution in [3.05, 3.63) is 0 Å². The smallest absolute Gasteiger partial charge is 0.218 e. The van der Waals surface area contributed by atoms with E-state index in [0.29, 0.717) is 31.6 Å². The molecule has 3 atom stereocenters. The van der Waals surface area contributed by atoms with Crippen LogP contribution in [-0.2, 0) is 10.0 Å². The molecule has 1 aliphatic heterocycles. The molecule has 0 aromatic carbocycles. The van der Waals surface area contributed by atoms with Crippen molar-refractivity contribution in [1.82, 2.24) is 14.5 Å². The molecule has 0 aliphatic carbocycles. The Balaban J connectivity index is 2.63. The first kappa shape index (κ1) is 16.9. The van der Waals surface area contributed by atoms with Crippen LogP contribution in [0.15, 0.2) is 0 Å². The SMILES string of the molecule is CCCNCC(C)S(=O)(=O)N1CC(C)C(N(C)C)C1. The molecule has 0 amide bonds. The van der Waals surface area contributed by atoms with E-state index in [4.69, 9.17) is 0 Å². The van der Waals surface area contributed by atoms with Crippen molar-refractivity contribution >= 4 is 10.0 Å². The highest BCUT2D eigenvalue weighted by molar-refractivity contribution is 7.89. The van der Waals surface area contributed by atoms with Gasteiger partial charge in [-0.25, -0.2) is 8.42 Å². The third-order valence-electron chi connectivity index (χ3n) is 3.93. The van der Waals surface area contributed by atoms with Gasteiger partial charge in [0.25, 0.3) is 0 Å². The summed E-state index contributed by atoms with van der Waals surface area (Å²) in [6, 6.07) is 0.325. The summed E-state index contributed by atoms with van der Waals surface area (Å²) in [5.74, 6) is 0.389. The van der Waals surface area contributed by atoms with Gasteiger partial charge in [0.15, 0.2) is 0 Å². The van der Waals surface area contributed by atoms with Crippen molar-refractivity contribution in [3.63, 3.8) is 0 Å². The predicted octanol–water partition coefficient (Wildman–Crippen LogP) is 0.586. The van der Waals surface area contributed by atoms with Gasteiger partial charge in [0, 0.05) is 25.7 Å². The Morgan fingerprint density at radius 1 is 1.37 bits per heavy atom. The van der Waals surface area contributed by atoms with Gasteiger partial charge in [-0.05, 0) is 39.9 Å². The van der Waals surface area contributed by atoms with E-state index >= 15 is 0 Å². The first-order chi connectivity index (χ1) is 8.80. The van der Waals surface area contributed by atoms with Crippen LogP contribution in [0, 0.1) is 5.92 Å². The van der Waals surface area contributed by atoms with E-state index in [9.17, 15) is 8.42 Å². The molecule has 1 rings (SSSR count). The number of nitrogens with zero attached hydrogens (tertiary/aromatic N) is 2. The van der Waals surface area contributed by atoms with Gasteiger partial charge in [0.05, 0.1) is 5.25 Å². The summed E-state index contributed by atoms with van der Waals surface area (Å²) in [4.78, 5) is 2.13. The predicted molar refractivity (Wildman–Crippen MR) is 79.8 cm³/mol. The minimum atomic E-state index is -3.17. The lowest BCUT2D eigenvalue weighted by Crippen LogP contribution is -2.42. The third kappa shape index (κ3) is 4.15. The van der Waals surface area contributed by atoms with Gasteiger partial charge in [-0.2, -0.15) is 4.31 Å². The van der Waals surface area contributed by atoms with Crippen molar-refractivity contribution in [2.75, 3.05) is 40.3 Å². The van der Waals surface area contributed by atoms with Gasteiger partial charge in [-0.1, -0.05) is 13.8 Å². The van der Waals surface area contributed by atoms with Crippen molar-refractivity contribution < 1.29 is 8.42 Å². The van der Waals surface area contributed by atoms with E-state index in [1.165, 1.54) is 0 Å². The lowest BCUT2D eigenvalue weighted by atomic mass is 10.1. The second kappa shape index (κ2) is 7.02.